The number of nitrogens with one attached hydrogen (secondary N) is 1. The van der Waals surface area contributed by atoms with Crippen LogP contribution >= 0.6 is 11.3 Å². The molecule has 2 rings (SSSR count). The lowest BCUT2D eigenvalue weighted by Crippen LogP contribution is -2.10. The number of hydrogen-bond acceptors (Lipinski definition) is 4. The number of nitrogens with zero attached hydrogens (tertiary/aromatic N) is 1. The largest absolute Gasteiger partial charge is 0.506 e. The lowest BCUT2D eigenvalue weighted by atomic mass is 10.3. The molecule has 1 aromatic heterocycles. The summed E-state index contributed by atoms with van der Waals surface area (Å²) in [4.78, 5) is 16.5. The van der Waals surface area contributed by atoms with Crippen LogP contribution in [0.15, 0.2) is 30.5 Å². The van der Waals surface area contributed by atoms with Crippen LogP contribution in [0.4, 0.5) is 5.69 Å². The van der Waals surface area contributed by atoms with Gasteiger partial charge >= 0.3 is 0 Å². The van der Waals surface area contributed by atoms with E-state index in [1.165, 1.54) is 17.4 Å². The van der Waals surface area contributed by atoms with Gasteiger partial charge < -0.3 is 10.4 Å². The summed E-state index contributed by atoms with van der Waals surface area (Å²) in [5.41, 5.74) is 0.406. The number of hydrogen-bond donors (Lipinski definition) is 2. The van der Waals surface area contributed by atoms with Gasteiger partial charge in [-0.05, 0) is 18.6 Å². The summed E-state index contributed by atoms with van der Waals surface area (Å²) in [6.45, 7) is 1.99. The Morgan fingerprint density at radius 3 is 2.88 bits per heavy atom. The molecule has 17 heavy (non-hydrogen) atoms. The van der Waals surface area contributed by atoms with Crippen molar-refractivity contribution in [3.05, 3.63) is 40.3 Å². The first-order valence-corrected chi connectivity index (χ1v) is 6.06. The summed E-state index contributed by atoms with van der Waals surface area (Å²) >= 11 is 1.36. The van der Waals surface area contributed by atoms with E-state index in [-0.39, 0.29) is 11.7 Å². The minimum absolute atomic E-state index is 0.0566. The van der Waals surface area contributed by atoms with E-state index in [9.17, 15) is 9.90 Å². The molecule has 0 aliphatic heterocycles. The number of aryl methyl sites for hydroxylation is 1. The molecular formula is C12H12N2O2S. The van der Waals surface area contributed by atoms with Crippen LogP contribution in [0.3, 0.4) is 0 Å². The van der Waals surface area contributed by atoms with E-state index in [1.54, 1.807) is 24.4 Å². The van der Waals surface area contributed by atoms with Crippen LogP contribution in [0.1, 0.15) is 21.6 Å². The summed E-state index contributed by atoms with van der Waals surface area (Å²) in [6.07, 6.45) is 2.37. The predicted molar refractivity (Wildman–Crippen MR) is 67.6 cm³/mol. The highest BCUT2D eigenvalue weighted by Gasteiger charge is 2.11. The number of benzene rings is 1. The van der Waals surface area contributed by atoms with E-state index in [0.717, 1.165) is 11.4 Å². The molecule has 1 heterocycles. The van der Waals surface area contributed by atoms with Gasteiger partial charge in [-0.1, -0.05) is 19.1 Å². The summed E-state index contributed by atoms with van der Waals surface area (Å²) in [7, 11) is 0. The van der Waals surface area contributed by atoms with Gasteiger partial charge in [0.1, 0.15) is 10.6 Å². The number of para-hydroxylation sites is 2. The highest BCUT2D eigenvalue weighted by atomic mass is 32.1. The van der Waals surface area contributed by atoms with Crippen molar-refractivity contribution >= 4 is 22.9 Å². The number of aromatic nitrogens is 1. The quantitative estimate of drug-likeness (QED) is 0.821. The maximum Gasteiger partial charge on any atom is 0.267 e. The van der Waals surface area contributed by atoms with Crippen LogP contribution in [0.25, 0.3) is 0 Å². The summed E-state index contributed by atoms with van der Waals surface area (Å²) in [5.74, 6) is -0.190. The Kier molecular flexibility index (Phi) is 3.39. The third kappa shape index (κ3) is 2.62. The fraction of sp³-hybridized carbons (Fsp3) is 0.167. The van der Waals surface area contributed by atoms with Crippen LogP contribution < -0.4 is 5.32 Å². The highest BCUT2D eigenvalue weighted by Crippen LogP contribution is 2.23. The van der Waals surface area contributed by atoms with Gasteiger partial charge in [0.25, 0.3) is 5.91 Å². The molecule has 1 amide bonds. The maximum atomic E-state index is 11.8. The van der Waals surface area contributed by atoms with E-state index in [2.05, 4.69) is 10.3 Å². The molecule has 0 atom stereocenters. The molecule has 0 aliphatic carbocycles. The summed E-state index contributed by atoms with van der Waals surface area (Å²) in [6, 6.07) is 6.63. The standard InChI is InChI=1S/C12H12N2O2S/c1-2-11-13-7-10(17-11)12(16)14-8-5-3-4-6-9(8)15/h3-7,15H,2H2,1H3,(H,14,16). The Hall–Kier alpha value is -1.88. The van der Waals surface area contributed by atoms with Gasteiger partial charge in [0.05, 0.1) is 16.9 Å². The van der Waals surface area contributed by atoms with Crippen molar-refractivity contribution in [3.8, 4) is 5.75 Å². The minimum atomic E-state index is -0.247. The third-order valence-corrected chi connectivity index (χ3v) is 3.37. The predicted octanol–water partition coefficient (Wildman–Crippen LogP) is 2.66. The van der Waals surface area contributed by atoms with Crippen molar-refractivity contribution in [1.82, 2.24) is 4.98 Å². The van der Waals surface area contributed by atoms with Crippen LogP contribution in [0.5, 0.6) is 5.75 Å². The Morgan fingerprint density at radius 2 is 2.24 bits per heavy atom. The Balaban J connectivity index is 2.14. The summed E-state index contributed by atoms with van der Waals surface area (Å²) < 4.78 is 0. The number of amides is 1. The first-order chi connectivity index (χ1) is 8.20. The van der Waals surface area contributed by atoms with Gasteiger partial charge in [0.2, 0.25) is 0 Å². The molecule has 88 valence electrons. The number of aromatic hydroxyl groups is 1. The molecule has 0 radical (unpaired) electrons. The van der Waals surface area contributed by atoms with Crippen molar-refractivity contribution in [2.75, 3.05) is 5.32 Å². The van der Waals surface area contributed by atoms with Gasteiger partial charge in [-0.2, -0.15) is 0 Å². The lowest BCUT2D eigenvalue weighted by molar-refractivity contribution is 0.103. The van der Waals surface area contributed by atoms with E-state index < -0.39 is 0 Å². The molecular weight excluding hydrogens is 236 g/mol. The molecule has 2 N–H and O–H groups in total. The molecule has 0 spiro atoms. The number of phenols is 1. The molecule has 0 saturated heterocycles. The topological polar surface area (TPSA) is 62.2 Å². The first kappa shape index (κ1) is 11.6. The number of phenolic OH excluding ortho intramolecular Hbond substituents is 1. The Morgan fingerprint density at radius 1 is 1.47 bits per heavy atom. The van der Waals surface area contributed by atoms with E-state index in [1.807, 2.05) is 6.92 Å². The highest BCUT2D eigenvalue weighted by molar-refractivity contribution is 7.13. The molecule has 1 aromatic carbocycles. The molecule has 0 aliphatic rings. The van der Waals surface area contributed by atoms with Crippen molar-refractivity contribution in [2.24, 2.45) is 0 Å². The molecule has 0 fully saturated rings. The lowest BCUT2D eigenvalue weighted by Gasteiger charge is -2.04. The SMILES string of the molecule is CCc1ncc(C(=O)Nc2ccccc2O)s1. The van der Waals surface area contributed by atoms with Crippen LogP contribution in [-0.2, 0) is 6.42 Å². The summed E-state index contributed by atoms with van der Waals surface area (Å²) in [5, 5.41) is 13.1. The van der Waals surface area contributed by atoms with E-state index in [4.69, 9.17) is 0 Å². The second-order valence-corrected chi connectivity index (χ2v) is 4.56. The number of carbonyl (C=O) groups excluding carboxylic acids is 1. The molecule has 5 heteroatoms. The van der Waals surface area contributed by atoms with Crippen molar-refractivity contribution in [2.45, 2.75) is 13.3 Å². The van der Waals surface area contributed by atoms with E-state index >= 15 is 0 Å². The molecule has 0 unspecified atom stereocenters. The van der Waals surface area contributed by atoms with Crippen molar-refractivity contribution in [1.29, 1.82) is 0 Å². The molecule has 4 nitrogen and oxygen atoms in total. The van der Waals surface area contributed by atoms with Gasteiger partial charge in [-0.15, -0.1) is 11.3 Å². The average molecular weight is 248 g/mol. The van der Waals surface area contributed by atoms with Crippen molar-refractivity contribution in [3.63, 3.8) is 0 Å². The molecule has 0 saturated carbocycles. The number of anilines is 1. The van der Waals surface area contributed by atoms with Crippen LogP contribution in [-0.4, -0.2) is 16.0 Å². The minimum Gasteiger partial charge on any atom is -0.506 e. The number of carbonyl (C=O) groups is 1. The van der Waals surface area contributed by atoms with Crippen molar-refractivity contribution < 1.29 is 9.90 Å². The monoisotopic (exact) mass is 248 g/mol. The second-order valence-electron chi connectivity index (χ2n) is 3.44. The van der Waals surface area contributed by atoms with Gasteiger partial charge in [-0.3, -0.25) is 4.79 Å². The van der Waals surface area contributed by atoms with Crippen LogP contribution in [0.2, 0.25) is 0 Å². The maximum absolute atomic E-state index is 11.8. The van der Waals surface area contributed by atoms with Crippen LogP contribution in [0, 0.1) is 0 Å². The Labute approximate surface area is 103 Å². The zero-order valence-electron chi connectivity index (χ0n) is 9.30. The normalized spacial score (nSPS) is 10.2. The first-order valence-electron chi connectivity index (χ1n) is 5.24. The van der Waals surface area contributed by atoms with Gasteiger partial charge in [-0.25, -0.2) is 4.98 Å². The average Bonchev–Trinajstić information content (AvgIpc) is 2.81. The third-order valence-electron chi connectivity index (χ3n) is 2.23. The smallest absolute Gasteiger partial charge is 0.267 e. The molecule has 2 aromatic rings. The Bertz CT molecular complexity index is 537. The van der Waals surface area contributed by atoms with Gasteiger partial charge in [0, 0.05) is 0 Å². The molecule has 0 bridgehead atoms. The number of rotatable bonds is 3. The fourth-order valence-corrected chi connectivity index (χ4v) is 2.09. The zero-order chi connectivity index (χ0) is 12.3. The number of thiazole rings is 1. The van der Waals surface area contributed by atoms with Gasteiger partial charge in [0.15, 0.2) is 0 Å². The van der Waals surface area contributed by atoms with E-state index in [0.29, 0.717) is 10.6 Å². The zero-order valence-corrected chi connectivity index (χ0v) is 10.1. The fourth-order valence-electron chi connectivity index (χ4n) is 1.34. The second kappa shape index (κ2) is 4.97.